The molecule has 0 spiro atoms. The number of carbonyl (C=O) groups is 2. The van der Waals surface area contributed by atoms with E-state index in [-0.39, 0.29) is 18.2 Å². The molecule has 2 rings (SSSR count). The fourth-order valence-corrected chi connectivity index (χ4v) is 3.36. The van der Waals surface area contributed by atoms with Crippen LogP contribution in [0, 0.1) is 5.92 Å². The molecule has 5 nitrogen and oxygen atoms in total. The Labute approximate surface area is 149 Å². The van der Waals surface area contributed by atoms with Crippen molar-refractivity contribution in [3.05, 3.63) is 40.4 Å². The molecule has 1 aromatic carbocycles. The molecule has 7 heteroatoms. The second-order valence-corrected chi connectivity index (χ2v) is 6.83. The molecule has 0 bridgehead atoms. The zero-order chi connectivity index (χ0) is 17.7. The van der Waals surface area contributed by atoms with Crippen LogP contribution in [-0.4, -0.2) is 28.0 Å². The normalized spacial score (nSPS) is 13.3. The van der Waals surface area contributed by atoms with Gasteiger partial charge in [-0.1, -0.05) is 50.1 Å². The summed E-state index contributed by atoms with van der Waals surface area (Å²) in [5, 5.41) is 14.9. The summed E-state index contributed by atoms with van der Waals surface area (Å²) in [5.74, 6) is -1.51. The van der Waals surface area contributed by atoms with Gasteiger partial charge < -0.3 is 10.4 Å². The molecule has 1 amide bonds. The van der Waals surface area contributed by atoms with Gasteiger partial charge in [0, 0.05) is 10.9 Å². The summed E-state index contributed by atoms with van der Waals surface area (Å²) in [6.07, 6.45) is 0.714. The largest absolute Gasteiger partial charge is 0.480 e. The van der Waals surface area contributed by atoms with Crippen molar-refractivity contribution in [3.63, 3.8) is 0 Å². The van der Waals surface area contributed by atoms with Gasteiger partial charge in [-0.3, -0.25) is 4.79 Å². The van der Waals surface area contributed by atoms with Gasteiger partial charge in [-0.05, 0) is 12.0 Å². The molecule has 128 valence electrons. The molecule has 1 aromatic heterocycles. The first-order chi connectivity index (χ1) is 11.4. The lowest BCUT2D eigenvalue weighted by Crippen LogP contribution is -2.45. The van der Waals surface area contributed by atoms with Gasteiger partial charge in [-0.15, -0.1) is 11.3 Å². The number of thiazole rings is 1. The van der Waals surface area contributed by atoms with Gasteiger partial charge in [-0.2, -0.15) is 0 Å². The maximum atomic E-state index is 12.1. The van der Waals surface area contributed by atoms with Gasteiger partial charge in [0.1, 0.15) is 11.0 Å². The highest BCUT2D eigenvalue weighted by Crippen LogP contribution is 2.30. The minimum Gasteiger partial charge on any atom is -0.480 e. The van der Waals surface area contributed by atoms with Crippen LogP contribution in [0.3, 0.4) is 0 Å². The molecule has 0 aliphatic carbocycles. The van der Waals surface area contributed by atoms with Crippen LogP contribution in [0.5, 0.6) is 0 Å². The van der Waals surface area contributed by atoms with E-state index in [0.717, 1.165) is 10.6 Å². The summed E-state index contributed by atoms with van der Waals surface area (Å²) in [7, 11) is 0. The third-order valence-corrected chi connectivity index (χ3v) is 5.05. The first-order valence-corrected chi connectivity index (χ1v) is 8.89. The highest BCUT2D eigenvalue weighted by Gasteiger charge is 2.25. The first-order valence-electron chi connectivity index (χ1n) is 7.63. The molecule has 2 aromatic rings. The number of hydrogen-bond acceptors (Lipinski definition) is 4. The second kappa shape index (κ2) is 8.26. The maximum absolute atomic E-state index is 12.1. The lowest BCUT2D eigenvalue weighted by atomic mass is 9.99. The molecule has 24 heavy (non-hydrogen) atoms. The Balaban J connectivity index is 2.05. The van der Waals surface area contributed by atoms with E-state index in [9.17, 15) is 14.7 Å². The van der Waals surface area contributed by atoms with E-state index in [4.69, 9.17) is 11.6 Å². The standard InChI is InChI=1S/C17H19ClN2O3S/c1-3-10(2)15(17(22)23)20-14(21)8-11-9-24-16(19-11)12-6-4-5-7-13(12)18/h4-7,9-10,15H,3,8H2,1-2H3,(H,20,21)(H,22,23). The predicted molar refractivity (Wildman–Crippen MR) is 95.3 cm³/mol. The van der Waals surface area contributed by atoms with Crippen molar-refractivity contribution in [1.29, 1.82) is 0 Å². The van der Waals surface area contributed by atoms with Crippen LogP contribution in [0.25, 0.3) is 10.6 Å². The number of carboxylic acid groups (broad SMARTS) is 1. The van der Waals surface area contributed by atoms with E-state index in [2.05, 4.69) is 10.3 Å². The van der Waals surface area contributed by atoms with Crippen molar-refractivity contribution in [2.45, 2.75) is 32.7 Å². The van der Waals surface area contributed by atoms with Crippen LogP contribution in [0.15, 0.2) is 29.6 Å². The minimum atomic E-state index is -1.02. The van der Waals surface area contributed by atoms with Gasteiger partial charge in [-0.25, -0.2) is 9.78 Å². The Kier molecular flexibility index (Phi) is 6.34. The quantitative estimate of drug-likeness (QED) is 0.784. The van der Waals surface area contributed by atoms with Crippen molar-refractivity contribution < 1.29 is 14.7 Å². The van der Waals surface area contributed by atoms with E-state index in [1.807, 2.05) is 25.1 Å². The fourth-order valence-electron chi connectivity index (χ4n) is 2.22. The number of hydrogen-bond donors (Lipinski definition) is 2. The third-order valence-electron chi connectivity index (χ3n) is 3.79. The van der Waals surface area contributed by atoms with Crippen molar-refractivity contribution in [1.82, 2.24) is 10.3 Å². The predicted octanol–water partition coefficient (Wildman–Crippen LogP) is 3.62. The molecule has 0 aliphatic rings. The smallest absolute Gasteiger partial charge is 0.326 e. The van der Waals surface area contributed by atoms with Crippen LogP contribution in [0.1, 0.15) is 26.0 Å². The number of benzene rings is 1. The van der Waals surface area contributed by atoms with Crippen molar-refractivity contribution in [2.24, 2.45) is 5.92 Å². The van der Waals surface area contributed by atoms with Crippen LogP contribution in [0.2, 0.25) is 5.02 Å². The molecule has 0 saturated carbocycles. The van der Waals surface area contributed by atoms with Gasteiger partial charge in [0.2, 0.25) is 5.91 Å². The van der Waals surface area contributed by atoms with Gasteiger partial charge in [0.15, 0.2) is 0 Å². The summed E-state index contributed by atoms with van der Waals surface area (Å²) < 4.78 is 0. The SMILES string of the molecule is CCC(C)C(NC(=O)Cc1csc(-c2ccccc2Cl)n1)C(=O)O. The van der Waals surface area contributed by atoms with E-state index in [0.29, 0.717) is 17.1 Å². The number of nitrogens with zero attached hydrogens (tertiary/aromatic N) is 1. The Morgan fingerprint density at radius 2 is 2.08 bits per heavy atom. The molecule has 0 aliphatic heterocycles. The summed E-state index contributed by atoms with van der Waals surface area (Å²) in [5.41, 5.74) is 1.42. The van der Waals surface area contributed by atoms with Crippen molar-refractivity contribution >= 4 is 34.8 Å². The average Bonchev–Trinajstić information content (AvgIpc) is 3.00. The molecule has 2 unspecified atom stereocenters. The fraction of sp³-hybridized carbons (Fsp3) is 0.353. The summed E-state index contributed by atoms with van der Waals surface area (Å²) in [4.78, 5) is 27.8. The Morgan fingerprint density at radius 1 is 1.38 bits per heavy atom. The van der Waals surface area contributed by atoms with Gasteiger partial charge >= 0.3 is 5.97 Å². The molecule has 1 heterocycles. The number of carboxylic acids is 1. The van der Waals surface area contributed by atoms with Crippen LogP contribution in [0.4, 0.5) is 0 Å². The van der Waals surface area contributed by atoms with E-state index < -0.39 is 12.0 Å². The monoisotopic (exact) mass is 366 g/mol. The molecule has 2 atom stereocenters. The minimum absolute atomic E-state index is 0.0428. The Morgan fingerprint density at radius 3 is 2.71 bits per heavy atom. The number of halogens is 1. The first kappa shape index (κ1) is 18.4. The summed E-state index contributed by atoms with van der Waals surface area (Å²) in [6.45, 7) is 3.69. The topological polar surface area (TPSA) is 79.3 Å². The number of nitrogens with one attached hydrogen (secondary N) is 1. The number of carbonyl (C=O) groups excluding carboxylic acids is 1. The number of rotatable bonds is 7. The molecule has 0 radical (unpaired) electrons. The molecule has 0 saturated heterocycles. The highest BCUT2D eigenvalue weighted by molar-refractivity contribution is 7.13. The molecular weight excluding hydrogens is 348 g/mol. The lowest BCUT2D eigenvalue weighted by molar-refractivity contribution is -0.143. The average molecular weight is 367 g/mol. The van der Waals surface area contributed by atoms with Crippen LogP contribution in [-0.2, 0) is 16.0 Å². The van der Waals surface area contributed by atoms with Crippen LogP contribution >= 0.6 is 22.9 Å². The number of aliphatic carboxylic acids is 1. The summed E-state index contributed by atoms with van der Waals surface area (Å²) >= 11 is 7.55. The van der Waals surface area contributed by atoms with E-state index in [1.165, 1.54) is 11.3 Å². The summed E-state index contributed by atoms with van der Waals surface area (Å²) in [6, 6.07) is 6.49. The number of aromatic nitrogens is 1. The van der Waals surface area contributed by atoms with E-state index in [1.54, 1.807) is 18.4 Å². The Bertz CT molecular complexity index is 732. The molecule has 0 fully saturated rings. The van der Waals surface area contributed by atoms with Gasteiger partial charge in [0.05, 0.1) is 17.1 Å². The zero-order valence-corrected chi connectivity index (χ0v) is 15.0. The second-order valence-electron chi connectivity index (χ2n) is 5.57. The Hall–Kier alpha value is -1.92. The highest BCUT2D eigenvalue weighted by atomic mass is 35.5. The van der Waals surface area contributed by atoms with Gasteiger partial charge in [0.25, 0.3) is 0 Å². The van der Waals surface area contributed by atoms with Crippen molar-refractivity contribution in [3.8, 4) is 10.6 Å². The lowest BCUT2D eigenvalue weighted by Gasteiger charge is -2.19. The van der Waals surface area contributed by atoms with E-state index >= 15 is 0 Å². The maximum Gasteiger partial charge on any atom is 0.326 e. The van der Waals surface area contributed by atoms with Crippen molar-refractivity contribution in [2.75, 3.05) is 0 Å². The molecular formula is C17H19ClN2O3S. The zero-order valence-electron chi connectivity index (χ0n) is 13.5. The third kappa shape index (κ3) is 4.55. The van der Waals surface area contributed by atoms with Crippen LogP contribution < -0.4 is 5.32 Å². The number of amides is 1. The molecule has 2 N–H and O–H groups in total.